The van der Waals surface area contributed by atoms with E-state index in [4.69, 9.17) is 16.2 Å². The van der Waals surface area contributed by atoms with Crippen molar-refractivity contribution in [1.82, 2.24) is 15.0 Å². The number of nitrogens with zero attached hydrogens (tertiary/aromatic N) is 3. The number of ether oxygens (including phenoxy) is 1. The number of hydrogen-bond donors (Lipinski definition) is 2. The lowest BCUT2D eigenvalue weighted by molar-refractivity contribution is 0.0468. The third-order valence-electron chi connectivity index (χ3n) is 3.75. The molecule has 0 saturated heterocycles. The Balaban J connectivity index is 1.67. The van der Waals surface area contributed by atoms with Crippen LogP contribution < -0.4 is 11.5 Å². The van der Waals surface area contributed by atoms with E-state index in [-0.39, 0.29) is 30.3 Å². The molecule has 0 radical (unpaired) electrons. The molecule has 8 heteroatoms. The van der Waals surface area contributed by atoms with Crippen LogP contribution in [-0.2, 0) is 24.2 Å². The maximum absolute atomic E-state index is 12.2. The molecule has 0 bridgehead atoms. The zero-order chi connectivity index (χ0) is 16.2. The molecule has 0 aliphatic heterocycles. The number of aryl methyl sites for hydroxylation is 2. The third kappa shape index (κ3) is 3.95. The van der Waals surface area contributed by atoms with Crippen LogP contribution in [0.15, 0.2) is 6.07 Å². The molecule has 3 rings (SSSR count). The van der Waals surface area contributed by atoms with E-state index in [1.165, 1.54) is 47.5 Å². The summed E-state index contributed by atoms with van der Waals surface area (Å²) < 4.78 is 5.27. The summed E-state index contributed by atoms with van der Waals surface area (Å²) in [6.07, 6.45) is 6.98. The molecule has 1 aliphatic rings. The van der Waals surface area contributed by atoms with Gasteiger partial charge in [-0.05, 0) is 37.3 Å². The van der Waals surface area contributed by atoms with E-state index in [1.54, 1.807) is 0 Å². The van der Waals surface area contributed by atoms with Crippen LogP contribution >= 0.6 is 11.3 Å². The second kappa shape index (κ2) is 6.91. The molecule has 2 aromatic rings. The number of nitrogen functional groups attached to an aromatic ring is 2. The van der Waals surface area contributed by atoms with Gasteiger partial charge in [-0.3, -0.25) is 0 Å². The molecule has 0 amide bonds. The molecule has 23 heavy (non-hydrogen) atoms. The van der Waals surface area contributed by atoms with Crippen LogP contribution in [0, 0.1) is 0 Å². The maximum atomic E-state index is 12.2. The van der Waals surface area contributed by atoms with E-state index in [2.05, 4.69) is 15.0 Å². The number of hydrogen-bond acceptors (Lipinski definition) is 8. The van der Waals surface area contributed by atoms with Crippen molar-refractivity contribution in [2.45, 2.75) is 45.1 Å². The highest BCUT2D eigenvalue weighted by Crippen LogP contribution is 2.29. The highest BCUT2D eigenvalue weighted by atomic mass is 32.1. The summed E-state index contributed by atoms with van der Waals surface area (Å²) in [4.78, 5) is 25.6. The first-order valence-corrected chi connectivity index (χ1v) is 8.48. The van der Waals surface area contributed by atoms with E-state index < -0.39 is 0 Å². The van der Waals surface area contributed by atoms with Crippen LogP contribution in [0.2, 0.25) is 0 Å². The van der Waals surface area contributed by atoms with Gasteiger partial charge in [0.1, 0.15) is 4.88 Å². The molecule has 2 heterocycles. The number of nitrogens with two attached hydrogens (primary N) is 2. The fraction of sp³-hybridized carbons (Fsp3) is 0.467. The quantitative estimate of drug-likeness (QED) is 0.826. The van der Waals surface area contributed by atoms with Crippen molar-refractivity contribution in [3.8, 4) is 0 Å². The zero-order valence-corrected chi connectivity index (χ0v) is 13.6. The van der Waals surface area contributed by atoms with Crippen molar-refractivity contribution < 1.29 is 9.53 Å². The molecule has 0 unspecified atom stereocenters. The molecule has 1 aliphatic carbocycles. The Kier molecular flexibility index (Phi) is 4.71. The predicted octanol–water partition coefficient (Wildman–Crippen LogP) is 2.11. The molecule has 0 aromatic carbocycles. The molecule has 0 atom stereocenters. The Morgan fingerprint density at radius 3 is 2.52 bits per heavy atom. The molecule has 0 saturated carbocycles. The maximum Gasteiger partial charge on any atom is 0.348 e. The van der Waals surface area contributed by atoms with Crippen molar-refractivity contribution in [3.63, 3.8) is 0 Å². The number of aromatic nitrogens is 3. The fourth-order valence-corrected chi connectivity index (χ4v) is 3.81. The lowest BCUT2D eigenvalue weighted by Gasteiger charge is -2.07. The Morgan fingerprint density at radius 2 is 1.78 bits per heavy atom. The van der Waals surface area contributed by atoms with E-state index in [9.17, 15) is 4.79 Å². The van der Waals surface area contributed by atoms with Crippen molar-refractivity contribution in [2.75, 3.05) is 11.5 Å². The van der Waals surface area contributed by atoms with Gasteiger partial charge in [0.25, 0.3) is 0 Å². The van der Waals surface area contributed by atoms with Gasteiger partial charge in [-0.1, -0.05) is 12.8 Å². The zero-order valence-electron chi connectivity index (χ0n) is 12.7. The minimum atomic E-state index is -0.362. The van der Waals surface area contributed by atoms with E-state index in [0.29, 0.717) is 4.88 Å². The second-order valence-corrected chi connectivity index (χ2v) is 6.65. The summed E-state index contributed by atoms with van der Waals surface area (Å²) in [6, 6.07) is 1.96. The summed E-state index contributed by atoms with van der Waals surface area (Å²) in [5.74, 6) is -0.0807. The molecular weight excluding hydrogens is 314 g/mol. The second-order valence-electron chi connectivity index (χ2n) is 5.52. The number of carbonyl (C=O) groups excluding carboxylic acids is 1. The molecule has 4 N–H and O–H groups in total. The molecule has 122 valence electrons. The van der Waals surface area contributed by atoms with Crippen LogP contribution in [0.25, 0.3) is 0 Å². The normalized spacial score (nSPS) is 14.6. The third-order valence-corrected chi connectivity index (χ3v) is 4.96. The number of carbonyl (C=O) groups is 1. The highest BCUT2D eigenvalue weighted by Gasteiger charge is 2.17. The fourth-order valence-electron chi connectivity index (χ4n) is 2.67. The van der Waals surface area contributed by atoms with Gasteiger partial charge in [0.15, 0.2) is 12.4 Å². The molecule has 2 aromatic heterocycles. The Hall–Kier alpha value is -2.22. The predicted molar refractivity (Wildman–Crippen MR) is 88.0 cm³/mol. The summed E-state index contributed by atoms with van der Waals surface area (Å²) in [5, 5.41) is 0. The average molecular weight is 333 g/mol. The highest BCUT2D eigenvalue weighted by molar-refractivity contribution is 7.14. The Labute approximate surface area is 138 Å². The summed E-state index contributed by atoms with van der Waals surface area (Å²) in [5.41, 5.74) is 12.3. The van der Waals surface area contributed by atoms with Gasteiger partial charge in [0.2, 0.25) is 11.9 Å². The van der Waals surface area contributed by atoms with Crippen LogP contribution in [0.4, 0.5) is 11.9 Å². The molecule has 0 fully saturated rings. The van der Waals surface area contributed by atoms with Gasteiger partial charge in [-0.25, -0.2) is 4.79 Å². The topological polar surface area (TPSA) is 117 Å². The summed E-state index contributed by atoms with van der Waals surface area (Å²) in [7, 11) is 0. The van der Waals surface area contributed by atoms with Gasteiger partial charge < -0.3 is 16.2 Å². The van der Waals surface area contributed by atoms with E-state index in [1.807, 2.05) is 6.07 Å². The molecule has 0 spiro atoms. The standard InChI is InChI=1S/C15H19N5O2S/c16-14-18-12(19-15(17)20-14)8-22-13(21)11-7-9-5-3-1-2-4-6-10(9)23-11/h7H,1-6,8H2,(H4,16,17,18,19,20). The lowest BCUT2D eigenvalue weighted by atomic mass is 10.00. The van der Waals surface area contributed by atoms with Gasteiger partial charge in [0, 0.05) is 4.88 Å². The first-order chi connectivity index (χ1) is 11.1. The van der Waals surface area contributed by atoms with Crippen molar-refractivity contribution in [2.24, 2.45) is 0 Å². The van der Waals surface area contributed by atoms with Crippen LogP contribution in [0.3, 0.4) is 0 Å². The smallest absolute Gasteiger partial charge is 0.348 e. The summed E-state index contributed by atoms with van der Waals surface area (Å²) >= 11 is 1.53. The SMILES string of the molecule is Nc1nc(N)nc(COC(=O)c2cc3c(s2)CCCCCC3)n1. The van der Waals surface area contributed by atoms with Gasteiger partial charge in [-0.15, -0.1) is 11.3 Å². The van der Waals surface area contributed by atoms with E-state index in [0.717, 1.165) is 12.8 Å². The van der Waals surface area contributed by atoms with Crippen molar-refractivity contribution in [3.05, 3.63) is 27.2 Å². The van der Waals surface area contributed by atoms with E-state index >= 15 is 0 Å². The number of esters is 1. The lowest BCUT2D eigenvalue weighted by Crippen LogP contribution is -2.10. The Morgan fingerprint density at radius 1 is 1.09 bits per heavy atom. The minimum Gasteiger partial charge on any atom is -0.453 e. The molecule has 7 nitrogen and oxygen atoms in total. The van der Waals surface area contributed by atoms with Crippen LogP contribution in [0.5, 0.6) is 0 Å². The number of anilines is 2. The first-order valence-electron chi connectivity index (χ1n) is 7.66. The summed E-state index contributed by atoms with van der Waals surface area (Å²) in [6.45, 7) is -0.0711. The number of thiophene rings is 1. The first kappa shape index (κ1) is 15.7. The monoisotopic (exact) mass is 333 g/mol. The number of fused-ring (bicyclic) bond motifs is 1. The van der Waals surface area contributed by atoms with Crippen molar-refractivity contribution in [1.29, 1.82) is 0 Å². The Bertz CT molecular complexity index is 670. The van der Waals surface area contributed by atoms with Gasteiger partial charge >= 0.3 is 5.97 Å². The van der Waals surface area contributed by atoms with Crippen molar-refractivity contribution >= 4 is 29.2 Å². The van der Waals surface area contributed by atoms with Crippen LogP contribution in [-0.4, -0.2) is 20.9 Å². The minimum absolute atomic E-state index is 0.0163. The van der Waals surface area contributed by atoms with Gasteiger partial charge in [0.05, 0.1) is 0 Å². The van der Waals surface area contributed by atoms with Crippen LogP contribution in [0.1, 0.15) is 51.6 Å². The van der Waals surface area contributed by atoms with Gasteiger partial charge in [-0.2, -0.15) is 15.0 Å². The molecular formula is C15H19N5O2S. The largest absolute Gasteiger partial charge is 0.453 e. The average Bonchev–Trinajstić information content (AvgIpc) is 2.86. The number of rotatable bonds is 3.